The van der Waals surface area contributed by atoms with Gasteiger partial charge in [0.2, 0.25) is 0 Å². The SMILES string of the molecule is c1ccc(-c2nc(-c3ccc(-n4c5ccccc5c5ccccc54)cc3)nc(-c3ccc(-c4nc5ccccc5c5oc6ccccc6c45)c4ccccc34)n2)cc1. The molecule has 4 heterocycles. The van der Waals surface area contributed by atoms with Gasteiger partial charge in [-0.1, -0.05) is 127 Å². The summed E-state index contributed by atoms with van der Waals surface area (Å²) in [5.41, 5.74) is 10.6. The first kappa shape index (κ1) is 32.3. The van der Waals surface area contributed by atoms with Crippen molar-refractivity contribution in [2.24, 2.45) is 0 Å². The molecule has 0 saturated heterocycles. The number of hydrogen-bond donors (Lipinski definition) is 0. The topological polar surface area (TPSA) is 69.6 Å². The molecule has 0 aliphatic rings. The van der Waals surface area contributed by atoms with Crippen molar-refractivity contribution in [1.82, 2.24) is 24.5 Å². The Morgan fingerprint density at radius 2 is 0.879 bits per heavy atom. The molecule has 0 aliphatic carbocycles. The zero-order valence-electron chi connectivity index (χ0n) is 31.0. The van der Waals surface area contributed by atoms with Crippen molar-refractivity contribution in [2.75, 3.05) is 0 Å². The molecule has 0 bridgehead atoms. The second-order valence-electron chi connectivity index (χ2n) is 14.6. The maximum absolute atomic E-state index is 6.54. The lowest BCUT2D eigenvalue weighted by molar-refractivity contribution is 0.672. The standard InChI is InChI=1S/C52H31N5O/c1-2-14-32(15-3-1)50-54-51(33-26-28-34(29-27-33)57-44-23-11-7-18-37(44)38-19-8-12-24-45(38)57)56-52(55-50)40-31-30-39(35-16-4-5-17-36(35)40)48-47-42-21-9-13-25-46(42)58-49(47)41-20-6-10-22-43(41)53-48/h1-31H. The van der Waals surface area contributed by atoms with Crippen LogP contribution in [0.5, 0.6) is 0 Å². The summed E-state index contributed by atoms with van der Waals surface area (Å²) in [5.74, 6) is 1.82. The number of hydrogen-bond acceptors (Lipinski definition) is 5. The van der Waals surface area contributed by atoms with Crippen molar-refractivity contribution in [1.29, 1.82) is 0 Å². The summed E-state index contributed by atoms with van der Waals surface area (Å²) in [4.78, 5) is 20.7. The number of fused-ring (bicyclic) bond motifs is 9. The van der Waals surface area contributed by atoms with Gasteiger partial charge in [-0.05, 0) is 71.4 Å². The van der Waals surface area contributed by atoms with E-state index in [0.29, 0.717) is 17.5 Å². The largest absolute Gasteiger partial charge is 0.455 e. The first-order chi connectivity index (χ1) is 28.8. The number of para-hydroxylation sites is 4. The van der Waals surface area contributed by atoms with Gasteiger partial charge in [0.25, 0.3) is 0 Å². The van der Waals surface area contributed by atoms with Crippen LogP contribution in [0.1, 0.15) is 0 Å². The molecule has 0 atom stereocenters. The van der Waals surface area contributed by atoms with Crippen molar-refractivity contribution in [3.63, 3.8) is 0 Å². The van der Waals surface area contributed by atoms with Gasteiger partial charge in [-0.2, -0.15) is 0 Å². The number of rotatable bonds is 5. The molecule has 0 amide bonds. The molecule has 12 rings (SSSR count). The molecule has 0 saturated carbocycles. The Kier molecular flexibility index (Phi) is 7.13. The second kappa shape index (κ2) is 12.8. The molecule has 4 aromatic heterocycles. The van der Waals surface area contributed by atoms with Gasteiger partial charge in [0.15, 0.2) is 17.5 Å². The van der Waals surface area contributed by atoms with Gasteiger partial charge < -0.3 is 8.98 Å². The normalized spacial score (nSPS) is 11.8. The number of nitrogens with zero attached hydrogens (tertiary/aromatic N) is 5. The quantitative estimate of drug-likeness (QED) is 0.176. The van der Waals surface area contributed by atoms with Crippen LogP contribution in [0.25, 0.3) is 117 Å². The Morgan fingerprint density at radius 1 is 0.362 bits per heavy atom. The lowest BCUT2D eigenvalue weighted by Gasteiger charge is -2.14. The predicted octanol–water partition coefficient (Wildman–Crippen LogP) is 13.2. The summed E-state index contributed by atoms with van der Waals surface area (Å²) >= 11 is 0. The third kappa shape index (κ3) is 4.98. The molecule has 0 aliphatic heterocycles. The summed E-state index contributed by atoms with van der Waals surface area (Å²) in [7, 11) is 0. The molecule has 0 unspecified atom stereocenters. The minimum atomic E-state index is 0.600. The van der Waals surface area contributed by atoms with E-state index in [-0.39, 0.29) is 0 Å². The van der Waals surface area contributed by atoms with Gasteiger partial charge in [0.05, 0.1) is 27.6 Å². The highest BCUT2D eigenvalue weighted by Gasteiger charge is 2.21. The number of furan rings is 1. The molecule has 6 heteroatoms. The van der Waals surface area contributed by atoms with Crippen LogP contribution in [-0.2, 0) is 0 Å². The summed E-state index contributed by atoms with van der Waals surface area (Å²) < 4.78 is 8.86. The second-order valence-corrected chi connectivity index (χ2v) is 14.6. The minimum absolute atomic E-state index is 0.600. The number of pyridine rings is 1. The lowest BCUT2D eigenvalue weighted by atomic mass is 9.94. The molecule has 270 valence electrons. The Labute approximate surface area is 332 Å². The summed E-state index contributed by atoms with van der Waals surface area (Å²) in [6, 6.07) is 64.9. The van der Waals surface area contributed by atoms with Gasteiger partial charge >= 0.3 is 0 Å². The van der Waals surface area contributed by atoms with E-state index in [4.69, 9.17) is 24.4 Å². The van der Waals surface area contributed by atoms with Crippen LogP contribution >= 0.6 is 0 Å². The maximum atomic E-state index is 6.54. The molecular weight excluding hydrogens is 711 g/mol. The minimum Gasteiger partial charge on any atom is -0.455 e. The summed E-state index contributed by atoms with van der Waals surface area (Å²) in [5, 5.41) is 7.57. The van der Waals surface area contributed by atoms with Crippen molar-refractivity contribution in [2.45, 2.75) is 0 Å². The molecule has 58 heavy (non-hydrogen) atoms. The van der Waals surface area contributed by atoms with E-state index < -0.39 is 0 Å². The Bertz CT molecular complexity index is 3510. The van der Waals surface area contributed by atoms with Crippen LogP contribution in [-0.4, -0.2) is 24.5 Å². The lowest BCUT2D eigenvalue weighted by Crippen LogP contribution is -2.01. The van der Waals surface area contributed by atoms with Crippen molar-refractivity contribution < 1.29 is 4.42 Å². The van der Waals surface area contributed by atoms with Crippen LogP contribution in [0, 0.1) is 0 Å². The van der Waals surface area contributed by atoms with Crippen LogP contribution in [0.15, 0.2) is 192 Å². The van der Waals surface area contributed by atoms with Crippen LogP contribution in [0.4, 0.5) is 0 Å². The molecule has 0 fully saturated rings. The predicted molar refractivity (Wildman–Crippen MR) is 236 cm³/mol. The fourth-order valence-electron chi connectivity index (χ4n) is 8.61. The highest BCUT2D eigenvalue weighted by atomic mass is 16.3. The van der Waals surface area contributed by atoms with E-state index >= 15 is 0 Å². The van der Waals surface area contributed by atoms with Crippen molar-refractivity contribution in [3.05, 3.63) is 188 Å². The van der Waals surface area contributed by atoms with Gasteiger partial charge in [-0.15, -0.1) is 0 Å². The first-order valence-electron chi connectivity index (χ1n) is 19.4. The van der Waals surface area contributed by atoms with Crippen molar-refractivity contribution in [3.8, 4) is 51.1 Å². The Hall–Kier alpha value is -7.96. The Balaban J connectivity index is 1.04. The van der Waals surface area contributed by atoms with E-state index in [1.807, 2.05) is 54.6 Å². The number of aromatic nitrogens is 5. The number of benzene rings is 8. The highest BCUT2D eigenvalue weighted by Crippen LogP contribution is 2.43. The van der Waals surface area contributed by atoms with Gasteiger partial charge in [-0.25, -0.2) is 19.9 Å². The van der Waals surface area contributed by atoms with E-state index in [0.717, 1.165) is 77.2 Å². The molecule has 0 N–H and O–H groups in total. The molecule has 6 nitrogen and oxygen atoms in total. The zero-order valence-corrected chi connectivity index (χ0v) is 31.0. The van der Waals surface area contributed by atoms with Crippen LogP contribution in [0.2, 0.25) is 0 Å². The van der Waals surface area contributed by atoms with E-state index in [9.17, 15) is 0 Å². The maximum Gasteiger partial charge on any atom is 0.164 e. The average molecular weight is 742 g/mol. The highest BCUT2D eigenvalue weighted by molar-refractivity contribution is 6.21. The third-order valence-corrected chi connectivity index (χ3v) is 11.3. The van der Waals surface area contributed by atoms with Crippen LogP contribution in [0.3, 0.4) is 0 Å². The fourth-order valence-corrected chi connectivity index (χ4v) is 8.61. The molecule has 0 radical (unpaired) electrons. The smallest absolute Gasteiger partial charge is 0.164 e. The third-order valence-electron chi connectivity index (χ3n) is 11.3. The monoisotopic (exact) mass is 741 g/mol. The van der Waals surface area contributed by atoms with Gasteiger partial charge in [-0.3, -0.25) is 0 Å². The zero-order chi connectivity index (χ0) is 38.2. The Morgan fingerprint density at radius 3 is 1.59 bits per heavy atom. The van der Waals surface area contributed by atoms with E-state index in [1.54, 1.807) is 0 Å². The van der Waals surface area contributed by atoms with E-state index in [2.05, 4.69) is 138 Å². The summed E-state index contributed by atoms with van der Waals surface area (Å²) in [6.45, 7) is 0. The molecule has 8 aromatic carbocycles. The molecule has 12 aromatic rings. The first-order valence-corrected chi connectivity index (χ1v) is 19.4. The fraction of sp³-hybridized carbons (Fsp3) is 0. The molecule has 0 spiro atoms. The average Bonchev–Trinajstić information content (AvgIpc) is 3.86. The van der Waals surface area contributed by atoms with E-state index in [1.165, 1.54) is 21.8 Å². The van der Waals surface area contributed by atoms with Crippen molar-refractivity contribution >= 4 is 65.4 Å². The van der Waals surface area contributed by atoms with Crippen LogP contribution < -0.4 is 0 Å². The van der Waals surface area contributed by atoms with Gasteiger partial charge in [0, 0.05) is 49.5 Å². The molecular formula is C52H31N5O. The summed E-state index contributed by atoms with van der Waals surface area (Å²) in [6.07, 6.45) is 0. The van der Waals surface area contributed by atoms with Gasteiger partial charge in [0.1, 0.15) is 11.2 Å².